The maximum absolute atomic E-state index is 11.9. The Morgan fingerprint density at radius 2 is 2.26 bits per heavy atom. The van der Waals surface area contributed by atoms with E-state index in [2.05, 4.69) is 0 Å². The number of nitrogens with zero attached hydrogens (tertiary/aromatic N) is 1. The molecule has 0 bridgehead atoms. The van der Waals surface area contributed by atoms with Crippen LogP contribution in [0.15, 0.2) is 30.4 Å². The molecule has 2 rings (SSSR count). The molecule has 0 spiro atoms. The number of carbonyl (C=O) groups is 1. The van der Waals surface area contributed by atoms with E-state index in [0.29, 0.717) is 22.3 Å². The maximum atomic E-state index is 11.9. The van der Waals surface area contributed by atoms with E-state index in [1.54, 1.807) is 29.2 Å². The van der Waals surface area contributed by atoms with Gasteiger partial charge in [0, 0.05) is 11.6 Å². The fourth-order valence-corrected chi connectivity index (χ4v) is 2.29. The van der Waals surface area contributed by atoms with Crippen molar-refractivity contribution in [3.05, 3.63) is 40.4 Å². The Morgan fingerprint density at radius 1 is 1.47 bits per heavy atom. The van der Waals surface area contributed by atoms with E-state index < -0.39 is 0 Å². The van der Waals surface area contributed by atoms with Gasteiger partial charge in [-0.15, -0.1) is 0 Å². The summed E-state index contributed by atoms with van der Waals surface area (Å²) in [6.45, 7) is 0.269. The topological polar surface area (TPSA) is 49.8 Å². The Balaban J connectivity index is 1.93. The smallest absolute Gasteiger partial charge is 0.261 e. The van der Waals surface area contributed by atoms with Gasteiger partial charge in [-0.1, -0.05) is 35.4 Å². The van der Waals surface area contributed by atoms with E-state index in [0.717, 1.165) is 0 Å². The molecule has 0 unspecified atom stereocenters. The Kier molecular flexibility index (Phi) is 4.69. The second-order valence-electron chi connectivity index (χ2n) is 4.09. The molecule has 0 fully saturated rings. The number of benzene rings is 1. The number of amides is 1. The van der Waals surface area contributed by atoms with Gasteiger partial charge < -0.3 is 14.7 Å². The maximum Gasteiger partial charge on any atom is 0.261 e. The van der Waals surface area contributed by atoms with E-state index in [1.165, 1.54) is 0 Å². The Bertz CT molecular complexity index is 505. The highest BCUT2D eigenvalue weighted by Crippen LogP contribution is 2.27. The third kappa shape index (κ3) is 3.41. The van der Waals surface area contributed by atoms with Gasteiger partial charge in [0.25, 0.3) is 5.91 Å². The van der Waals surface area contributed by atoms with Gasteiger partial charge in [0.2, 0.25) is 0 Å². The third-order valence-corrected chi connectivity index (χ3v) is 3.34. The summed E-state index contributed by atoms with van der Waals surface area (Å²) in [6, 6.07) is 4.54. The minimum Gasteiger partial charge on any atom is -0.482 e. The van der Waals surface area contributed by atoms with Gasteiger partial charge in [-0.3, -0.25) is 4.79 Å². The quantitative estimate of drug-likeness (QED) is 0.867. The molecule has 1 amide bonds. The summed E-state index contributed by atoms with van der Waals surface area (Å²) in [5, 5.41) is 9.99. The summed E-state index contributed by atoms with van der Waals surface area (Å²) >= 11 is 11.7. The minimum absolute atomic E-state index is 0.0933. The molecule has 19 heavy (non-hydrogen) atoms. The predicted molar refractivity (Wildman–Crippen MR) is 73.7 cm³/mol. The van der Waals surface area contributed by atoms with E-state index in [-0.39, 0.29) is 25.2 Å². The fraction of sp³-hybridized carbons (Fsp3) is 0.308. The van der Waals surface area contributed by atoms with Crippen molar-refractivity contribution in [1.82, 2.24) is 4.90 Å². The molecule has 1 aliphatic rings. The summed E-state index contributed by atoms with van der Waals surface area (Å²) in [6.07, 6.45) is 3.64. The number of aliphatic hydroxyl groups is 1. The molecule has 4 nitrogen and oxygen atoms in total. The van der Waals surface area contributed by atoms with Crippen molar-refractivity contribution in [2.24, 2.45) is 0 Å². The number of hydrogen-bond donors (Lipinski definition) is 1. The molecule has 102 valence electrons. The molecule has 0 saturated heterocycles. The number of carbonyl (C=O) groups excluding carboxylic acids is 1. The Labute approximate surface area is 121 Å². The van der Waals surface area contributed by atoms with Gasteiger partial charge >= 0.3 is 0 Å². The van der Waals surface area contributed by atoms with Crippen LogP contribution in [0.25, 0.3) is 0 Å². The zero-order valence-electron chi connectivity index (χ0n) is 10.1. The number of ether oxygens (including phenoxy) is 1. The third-order valence-electron chi connectivity index (χ3n) is 2.81. The molecule has 1 aliphatic heterocycles. The highest BCUT2D eigenvalue weighted by Gasteiger charge is 2.24. The summed E-state index contributed by atoms with van der Waals surface area (Å²) in [7, 11) is 0. The summed E-state index contributed by atoms with van der Waals surface area (Å²) < 4.78 is 5.37. The van der Waals surface area contributed by atoms with E-state index in [4.69, 9.17) is 33.0 Å². The first-order valence-corrected chi connectivity index (χ1v) is 6.52. The zero-order chi connectivity index (χ0) is 13.8. The molecule has 1 heterocycles. The number of aliphatic hydroxyl groups excluding tert-OH is 1. The normalized spacial score (nSPS) is 17.8. The lowest BCUT2D eigenvalue weighted by atomic mass is 10.3. The van der Waals surface area contributed by atoms with Crippen LogP contribution < -0.4 is 4.74 Å². The van der Waals surface area contributed by atoms with Crippen LogP contribution in [-0.2, 0) is 4.79 Å². The summed E-state index contributed by atoms with van der Waals surface area (Å²) in [5.74, 6) is 0.210. The molecule has 1 atom stereocenters. The molecule has 0 radical (unpaired) electrons. The van der Waals surface area contributed by atoms with Crippen LogP contribution in [0.1, 0.15) is 0 Å². The lowest BCUT2D eigenvalue weighted by molar-refractivity contribution is -0.134. The number of halogens is 2. The van der Waals surface area contributed by atoms with Crippen molar-refractivity contribution >= 4 is 29.1 Å². The van der Waals surface area contributed by atoms with E-state index in [1.807, 2.05) is 6.08 Å². The molecule has 0 aliphatic carbocycles. The first-order valence-electron chi connectivity index (χ1n) is 5.76. The van der Waals surface area contributed by atoms with Gasteiger partial charge in [-0.05, 0) is 18.2 Å². The lowest BCUT2D eigenvalue weighted by Gasteiger charge is -2.23. The van der Waals surface area contributed by atoms with Gasteiger partial charge in [0.1, 0.15) is 5.75 Å². The van der Waals surface area contributed by atoms with Crippen molar-refractivity contribution in [2.75, 3.05) is 19.8 Å². The number of hydrogen-bond acceptors (Lipinski definition) is 3. The first-order chi connectivity index (χ1) is 9.11. The average molecular weight is 302 g/mol. The van der Waals surface area contributed by atoms with Crippen LogP contribution in [0.4, 0.5) is 0 Å². The first kappa shape index (κ1) is 14.2. The molecular weight excluding hydrogens is 289 g/mol. The average Bonchev–Trinajstić information content (AvgIpc) is 2.85. The molecule has 0 aromatic heterocycles. The predicted octanol–water partition coefficient (Wildman–Crippen LogP) is 2.13. The SMILES string of the molecule is O=C(COc1ccc(Cl)cc1Cl)N1CC=C[C@H]1CO. The molecule has 0 saturated carbocycles. The van der Waals surface area contributed by atoms with Crippen LogP contribution in [0.5, 0.6) is 5.75 Å². The second-order valence-corrected chi connectivity index (χ2v) is 4.93. The second kappa shape index (κ2) is 6.28. The van der Waals surface area contributed by atoms with Crippen LogP contribution in [0, 0.1) is 0 Å². The standard InChI is InChI=1S/C13H13Cl2NO3/c14-9-3-4-12(11(15)6-9)19-8-13(18)16-5-1-2-10(16)7-17/h1-4,6,10,17H,5,7-8H2/t10-/m0/s1. The van der Waals surface area contributed by atoms with Crippen LogP contribution in [0.3, 0.4) is 0 Å². The van der Waals surface area contributed by atoms with Crippen molar-refractivity contribution in [3.8, 4) is 5.75 Å². The van der Waals surface area contributed by atoms with E-state index in [9.17, 15) is 4.79 Å². The fourth-order valence-electron chi connectivity index (χ4n) is 1.83. The largest absolute Gasteiger partial charge is 0.482 e. The number of rotatable bonds is 4. The highest BCUT2D eigenvalue weighted by atomic mass is 35.5. The van der Waals surface area contributed by atoms with Crippen LogP contribution in [0.2, 0.25) is 10.0 Å². The molecule has 1 aromatic rings. The minimum atomic E-state index is -0.267. The summed E-state index contributed by atoms with van der Waals surface area (Å²) in [4.78, 5) is 13.5. The zero-order valence-corrected chi connectivity index (χ0v) is 11.6. The monoisotopic (exact) mass is 301 g/mol. The molecular formula is C13H13Cl2NO3. The van der Waals surface area contributed by atoms with Crippen molar-refractivity contribution in [2.45, 2.75) is 6.04 Å². The Hall–Kier alpha value is -1.23. The van der Waals surface area contributed by atoms with Crippen LogP contribution in [-0.4, -0.2) is 41.7 Å². The van der Waals surface area contributed by atoms with Gasteiger partial charge in [0.05, 0.1) is 17.7 Å². The lowest BCUT2D eigenvalue weighted by Crippen LogP contribution is -2.40. The van der Waals surface area contributed by atoms with Crippen LogP contribution >= 0.6 is 23.2 Å². The highest BCUT2D eigenvalue weighted by molar-refractivity contribution is 6.35. The van der Waals surface area contributed by atoms with Gasteiger partial charge in [0.15, 0.2) is 6.61 Å². The van der Waals surface area contributed by atoms with Crippen molar-refractivity contribution < 1.29 is 14.6 Å². The van der Waals surface area contributed by atoms with Crippen molar-refractivity contribution in [1.29, 1.82) is 0 Å². The molecule has 6 heteroatoms. The summed E-state index contributed by atoms with van der Waals surface area (Å²) in [5.41, 5.74) is 0. The molecule has 1 aromatic carbocycles. The van der Waals surface area contributed by atoms with Crippen molar-refractivity contribution in [3.63, 3.8) is 0 Å². The Morgan fingerprint density at radius 3 is 2.95 bits per heavy atom. The van der Waals surface area contributed by atoms with Gasteiger partial charge in [-0.2, -0.15) is 0 Å². The molecule has 1 N–H and O–H groups in total. The van der Waals surface area contributed by atoms with E-state index >= 15 is 0 Å². The van der Waals surface area contributed by atoms with Gasteiger partial charge in [-0.25, -0.2) is 0 Å².